The summed E-state index contributed by atoms with van der Waals surface area (Å²) in [5, 5.41) is 3.65. The Hall–Kier alpha value is -0.820. The van der Waals surface area contributed by atoms with Gasteiger partial charge in [0.2, 0.25) is 0 Å². The number of hydrogen-bond donors (Lipinski definition) is 1. The van der Waals surface area contributed by atoms with Gasteiger partial charge >= 0.3 is 0 Å². The summed E-state index contributed by atoms with van der Waals surface area (Å²) in [6, 6.07) is 7.51. The molecule has 1 saturated heterocycles. The zero-order valence-corrected chi connectivity index (χ0v) is 10.7. The van der Waals surface area contributed by atoms with Crippen LogP contribution in [0.3, 0.4) is 0 Å². The van der Waals surface area contributed by atoms with Crippen LogP contribution in [0, 0.1) is 19.8 Å². The summed E-state index contributed by atoms with van der Waals surface area (Å²) >= 11 is 0. The van der Waals surface area contributed by atoms with Crippen molar-refractivity contribution in [2.45, 2.75) is 46.1 Å². The average molecular weight is 217 g/mol. The van der Waals surface area contributed by atoms with Crippen molar-refractivity contribution in [2.75, 3.05) is 6.54 Å². The highest BCUT2D eigenvalue weighted by molar-refractivity contribution is 5.30. The van der Waals surface area contributed by atoms with Gasteiger partial charge in [0.05, 0.1) is 0 Å². The Bertz CT molecular complexity index is 336. The van der Waals surface area contributed by atoms with Crippen molar-refractivity contribution in [3.8, 4) is 0 Å². The Morgan fingerprint density at radius 1 is 1.19 bits per heavy atom. The van der Waals surface area contributed by atoms with Gasteiger partial charge in [-0.15, -0.1) is 0 Å². The van der Waals surface area contributed by atoms with Crippen molar-refractivity contribution in [2.24, 2.45) is 5.92 Å². The topological polar surface area (TPSA) is 12.0 Å². The standard InChI is InChI=1S/C15H23N/c1-4-13-5-6-16-15(10-13)14-8-11(2)7-12(3)9-14/h7-9,13,15-16H,4-6,10H2,1-3H3. The average Bonchev–Trinajstić information content (AvgIpc) is 2.28. The first-order chi connectivity index (χ1) is 7.69. The third-order valence-electron chi connectivity index (χ3n) is 3.74. The monoisotopic (exact) mass is 217 g/mol. The van der Waals surface area contributed by atoms with Crippen molar-refractivity contribution < 1.29 is 0 Å². The van der Waals surface area contributed by atoms with Crippen molar-refractivity contribution in [1.82, 2.24) is 5.32 Å². The lowest BCUT2D eigenvalue weighted by atomic mass is 9.86. The van der Waals surface area contributed by atoms with E-state index in [4.69, 9.17) is 0 Å². The van der Waals surface area contributed by atoms with Crippen molar-refractivity contribution in [1.29, 1.82) is 0 Å². The SMILES string of the molecule is CCC1CCNC(c2cc(C)cc(C)c2)C1. The Balaban J connectivity index is 2.16. The summed E-state index contributed by atoms with van der Waals surface area (Å²) in [4.78, 5) is 0. The molecular weight excluding hydrogens is 194 g/mol. The zero-order chi connectivity index (χ0) is 11.5. The second kappa shape index (κ2) is 5.01. The molecule has 2 unspecified atom stereocenters. The molecule has 1 aliphatic heterocycles. The van der Waals surface area contributed by atoms with E-state index in [9.17, 15) is 0 Å². The van der Waals surface area contributed by atoms with E-state index in [1.165, 1.54) is 42.5 Å². The Kier molecular flexibility index (Phi) is 3.65. The maximum absolute atomic E-state index is 3.65. The molecule has 1 N–H and O–H groups in total. The van der Waals surface area contributed by atoms with Crippen LogP contribution >= 0.6 is 0 Å². The van der Waals surface area contributed by atoms with Crippen molar-refractivity contribution in [3.63, 3.8) is 0 Å². The highest BCUT2D eigenvalue weighted by Gasteiger charge is 2.21. The predicted molar refractivity (Wildman–Crippen MR) is 69.7 cm³/mol. The molecule has 16 heavy (non-hydrogen) atoms. The Morgan fingerprint density at radius 3 is 2.50 bits per heavy atom. The lowest BCUT2D eigenvalue weighted by Crippen LogP contribution is -2.31. The van der Waals surface area contributed by atoms with Crippen molar-refractivity contribution in [3.05, 3.63) is 34.9 Å². The summed E-state index contributed by atoms with van der Waals surface area (Å²) in [7, 11) is 0. The molecule has 0 aliphatic carbocycles. The summed E-state index contributed by atoms with van der Waals surface area (Å²) < 4.78 is 0. The summed E-state index contributed by atoms with van der Waals surface area (Å²) in [6.07, 6.45) is 3.97. The molecule has 0 saturated carbocycles. The van der Waals surface area contributed by atoms with E-state index in [-0.39, 0.29) is 0 Å². The van der Waals surface area contributed by atoms with Gasteiger partial charge in [0, 0.05) is 6.04 Å². The molecule has 0 radical (unpaired) electrons. The molecule has 0 spiro atoms. The van der Waals surface area contributed by atoms with Crippen LogP contribution in [0.1, 0.15) is 48.9 Å². The minimum atomic E-state index is 0.581. The second-order valence-electron chi connectivity index (χ2n) is 5.23. The molecule has 0 bridgehead atoms. The van der Waals surface area contributed by atoms with E-state index < -0.39 is 0 Å². The summed E-state index contributed by atoms with van der Waals surface area (Å²) in [5.74, 6) is 0.909. The number of piperidine rings is 1. The van der Waals surface area contributed by atoms with Crippen LogP contribution in [0.15, 0.2) is 18.2 Å². The normalized spacial score (nSPS) is 25.7. The fourth-order valence-corrected chi connectivity index (χ4v) is 2.83. The van der Waals surface area contributed by atoms with Gasteiger partial charge in [0.1, 0.15) is 0 Å². The third-order valence-corrected chi connectivity index (χ3v) is 3.74. The van der Waals surface area contributed by atoms with Gasteiger partial charge in [0.25, 0.3) is 0 Å². The van der Waals surface area contributed by atoms with Crippen LogP contribution in [-0.4, -0.2) is 6.54 Å². The summed E-state index contributed by atoms with van der Waals surface area (Å²) in [6.45, 7) is 7.87. The van der Waals surface area contributed by atoms with Gasteiger partial charge in [-0.2, -0.15) is 0 Å². The van der Waals surface area contributed by atoms with Gasteiger partial charge in [-0.05, 0) is 44.7 Å². The first-order valence-electron chi connectivity index (χ1n) is 6.50. The quantitative estimate of drug-likeness (QED) is 0.795. The molecule has 2 rings (SSSR count). The van der Waals surface area contributed by atoms with Gasteiger partial charge in [0.15, 0.2) is 0 Å². The smallest absolute Gasteiger partial charge is 0.0323 e. The number of rotatable bonds is 2. The zero-order valence-electron chi connectivity index (χ0n) is 10.7. The Morgan fingerprint density at radius 2 is 1.88 bits per heavy atom. The molecule has 1 nitrogen and oxygen atoms in total. The van der Waals surface area contributed by atoms with E-state index in [2.05, 4.69) is 44.3 Å². The lowest BCUT2D eigenvalue weighted by Gasteiger charge is -2.30. The second-order valence-corrected chi connectivity index (χ2v) is 5.23. The fraction of sp³-hybridized carbons (Fsp3) is 0.600. The maximum Gasteiger partial charge on any atom is 0.0323 e. The molecule has 2 atom stereocenters. The largest absolute Gasteiger partial charge is 0.310 e. The molecule has 0 amide bonds. The molecule has 1 fully saturated rings. The molecule has 0 aromatic heterocycles. The number of benzene rings is 1. The minimum absolute atomic E-state index is 0.581. The van der Waals surface area contributed by atoms with E-state index >= 15 is 0 Å². The maximum atomic E-state index is 3.65. The molecular formula is C15H23N. The lowest BCUT2D eigenvalue weighted by molar-refractivity contribution is 0.299. The van der Waals surface area contributed by atoms with Gasteiger partial charge in [-0.3, -0.25) is 0 Å². The Labute approximate surface area is 99.3 Å². The van der Waals surface area contributed by atoms with Crippen LogP contribution in [0.4, 0.5) is 0 Å². The number of aryl methyl sites for hydroxylation is 2. The molecule has 1 heterocycles. The van der Waals surface area contributed by atoms with Crippen LogP contribution in [0.25, 0.3) is 0 Å². The van der Waals surface area contributed by atoms with E-state index in [0.717, 1.165) is 5.92 Å². The first kappa shape index (κ1) is 11.7. The van der Waals surface area contributed by atoms with Crippen LogP contribution < -0.4 is 5.32 Å². The number of hydrogen-bond acceptors (Lipinski definition) is 1. The third kappa shape index (κ3) is 2.65. The van der Waals surface area contributed by atoms with Crippen LogP contribution in [-0.2, 0) is 0 Å². The first-order valence-corrected chi connectivity index (χ1v) is 6.50. The van der Waals surface area contributed by atoms with Crippen LogP contribution in [0.2, 0.25) is 0 Å². The molecule has 1 aromatic carbocycles. The molecule has 1 aromatic rings. The molecule has 1 heteroatoms. The van der Waals surface area contributed by atoms with Gasteiger partial charge < -0.3 is 5.32 Å². The fourth-order valence-electron chi connectivity index (χ4n) is 2.83. The highest BCUT2D eigenvalue weighted by atomic mass is 14.9. The van der Waals surface area contributed by atoms with Crippen molar-refractivity contribution >= 4 is 0 Å². The highest BCUT2D eigenvalue weighted by Crippen LogP contribution is 2.29. The van der Waals surface area contributed by atoms with E-state index in [0.29, 0.717) is 6.04 Å². The number of nitrogens with one attached hydrogen (secondary N) is 1. The minimum Gasteiger partial charge on any atom is -0.310 e. The molecule has 88 valence electrons. The molecule has 1 aliphatic rings. The van der Waals surface area contributed by atoms with E-state index in [1.807, 2.05) is 0 Å². The summed E-state index contributed by atoms with van der Waals surface area (Å²) in [5.41, 5.74) is 4.25. The van der Waals surface area contributed by atoms with Gasteiger partial charge in [-0.25, -0.2) is 0 Å². The van der Waals surface area contributed by atoms with Gasteiger partial charge in [-0.1, -0.05) is 42.7 Å². The van der Waals surface area contributed by atoms with E-state index in [1.54, 1.807) is 0 Å². The predicted octanol–water partition coefficient (Wildman–Crippen LogP) is 3.75. The van der Waals surface area contributed by atoms with Crippen LogP contribution in [0.5, 0.6) is 0 Å².